The third-order valence-corrected chi connectivity index (χ3v) is 3.62. The number of carbonyl (C=O) groups excluding carboxylic acids is 2. The molecule has 100 valence electrons. The first-order valence-corrected chi connectivity index (χ1v) is 6.33. The van der Waals surface area contributed by atoms with E-state index in [2.05, 4.69) is 16.1 Å². The van der Waals surface area contributed by atoms with Gasteiger partial charge in [0.2, 0.25) is 5.91 Å². The summed E-state index contributed by atoms with van der Waals surface area (Å²) in [7, 11) is 1.33. The van der Waals surface area contributed by atoms with Gasteiger partial charge in [-0.25, -0.2) is 0 Å². The fourth-order valence-corrected chi connectivity index (χ4v) is 2.37. The average Bonchev–Trinajstić information content (AvgIpc) is 2.71. The standard InChI is InChI=1S/C13H20N2O3/c1-10-5-4-8-13(10,9-14)15-11(16)6-3-7-12(17)18-2/h10H,3-8H2,1-2H3,(H,15,16). The molecule has 18 heavy (non-hydrogen) atoms. The first kappa shape index (κ1) is 14.5. The van der Waals surface area contributed by atoms with Gasteiger partial charge < -0.3 is 10.1 Å². The largest absolute Gasteiger partial charge is 0.469 e. The van der Waals surface area contributed by atoms with Gasteiger partial charge in [0.25, 0.3) is 0 Å². The summed E-state index contributed by atoms with van der Waals surface area (Å²) in [6.07, 6.45) is 3.60. The van der Waals surface area contributed by atoms with Crippen LogP contribution in [0.25, 0.3) is 0 Å². The number of methoxy groups -OCH3 is 1. The maximum Gasteiger partial charge on any atom is 0.305 e. The lowest BCUT2D eigenvalue weighted by Crippen LogP contribution is -2.49. The van der Waals surface area contributed by atoms with E-state index in [0.29, 0.717) is 12.8 Å². The zero-order valence-corrected chi connectivity index (χ0v) is 11.0. The van der Waals surface area contributed by atoms with Crippen molar-refractivity contribution >= 4 is 11.9 Å². The molecule has 1 N–H and O–H groups in total. The van der Waals surface area contributed by atoms with Crippen molar-refractivity contribution in [3.63, 3.8) is 0 Å². The molecule has 2 atom stereocenters. The normalized spacial score (nSPS) is 26.4. The maximum absolute atomic E-state index is 11.8. The summed E-state index contributed by atoms with van der Waals surface area (Å²) in [5.41, 5.74) is -0.706. The number of nitrogens with one attached hydrogen (secondary N) is 1. The Kier molecular flexibility index (Phi) is 5.14. The number of hydrogen-bond acceptors (Lipinski definition) is 4. The Labute approximate surface area is 107 Å². The molecule has 0 aromatic carbocycles. The molecule has 1 amide bonds. The highest BCUT2D eigenvalue weighted by atomic mass is 16.5. The quantitative estimate of drug-likeness (QED) is 0.752. The SMILES string of the molecule is COC(=O)CCCC(=O)NC1(C#N)CCCC1C. The number of carbonyl (C=O) groups is 2. The number of amides is 1. The monoisotopic (exact) mass is 252 g/mol. The molecule has 1 aliphatic rings. The predicted molar refractivity (Wildman–Crippen MR) is 65.4 cm³/mol. The fourth-order valence-electron chi connectivity index (χ4n) is 2.37. The highest BCUT2D eigenvalue weighted by Gasteiger charge is 2.41. The van der Waals surface area contributed by atoms with Crippen molar-refractivity contribution in [2.75, 3.05) is 7.11 Å². The van der Waals surface area contributed by atoms with Crippen molar-refractivity contribution in [3.8, 4) is 6.07 Å². The van der Waals surface area contributed by atoms with Crippen LogP contribution in [0.2, 0.25) is 0 Å². The Morgan fingerprint density at radius 3 is 2.72 bits per heavy atom. The van der Waals surface area contributed by atoms with Gasteiger partial charge >= 0.3 is 5.97 Å². The minimum absolute atomic E-state index is 0.158. The summed E-state index contributed by atoms with van der Waals surface area (Å²) in [5.74, 6) is -0.284. The van der Waals surface area contributed by atoms with Crippen LogP contribution < -0.4 is 5.32 Å². The van der Waals surface area contributed by atoms with Gasteiger partial charge in [-0.2, -0.15) is 5.26 Å². The molecule has 0 radical (unpaired) electrons. The van der Waals surface area contributed by atoms with Crippen LogP contribution in [0.3, 0.4) is 0 Å². The molecular weight excluding hydrogens is 232 g/mol. The summed E-state index contributed by atoms with van der Waals surface area (Å²) in [6.45, 7) is 1.99. The fraction of sp³-hybridized carbons (Fsp3) is 0.769. The summed E-state index contributed by atoms with van der Waals surface area (Å²) in [5, 5.41) is 12.1. The molecule has 2 unspecified atom stereocenters. The van der Waals surface area contributed by atoms with Crippen molar-refractivity contribution in [1.82, 2.24) is 5.32 Å². The molecule has 0 saturated heterocycles. The van der Waals surface area contributed by atoms with Crippen LogP contribution >= 0.6 is 0 Å². The molecule has 1 aliphatic carbocycles. The number of nitriles is 1. The van der Waals surface area contributed by atoms with Gasteiger partial charge in [-0.05, 0) is 31.6 Å². The zero-order valence-electron chi connectivity index (χ0n) is 11.0. The van der Waals surface area contributed by atoms with E-state index in [1.54, 1.807) is 0 Å². The molecule has 0 spiro atoms. The van der Waals surface area contributed by atoms with Crippen molar-refractivity contribution in [2.45, 2.75) is 51.0 Å². The second kappa shape index (κ2) is 6.39. The Bertz CT molecular complexity index is 362. The second-order valence-corrected chi connectivity index (χ2v) is 4.85. The molecule has 0 aliphatic heterocycles. The van der Waals surface area contributed by atoms with Crippen LogP contribution in [0.15, 0.2) is 0 Å². The number of ether oxygens (including phenoxy) is 1. The molecule has 5 heteroatoms. The average molecular weight is 252 g/mol. The smallest absolute Gasteiger partial charge is 0.305 e. The van der Waals surface area contributed by atoms with E-state index in [9.17, 15) is 14.9 Å². The van der Waals surface area contributed by atoms with Crippen molar-refractivity contribution in [3.05, 3.63) is 0 Å². The van der Waals surface area contributed by atoms with Gasteiger partial charge in [0.1, 0.15) is 5.54 Å². The first-order chi connectivity index (χ1) is 8.54. The van der Waals surface area contributed by atoms with E-state index < -0.39 is 5.54 Å². The molecule has 1 fully saturated rings. The summed E-state index contributed by atoms with van der Waals surface area (Å²) >= 11 is 0. The zero-order chi connectivity index (χ0) is 13.6. The van der Waals surface area contributed by atoms with Crippen LogP contribution in [0, 0.1) is 17.2 Å². The van der Waals surface area contributed by atoms with Crippen molar-refractivity contribution < 1.29 is 14.3 Å². The maximum atomic E-state index is 11.8. The van der Waals surface area contributed by atoms with E-state index >= 15 is 0 Å². The van der Waals surface area contributed by atoms with Crippen LogP contribution in [0.1, 0.15) is 45.4 Å². The topological polar surface area (TPSA) is 79.2 Å². The number of rotatable bonds is 5. The Balaban J connectivity index is 2.40. The van der Waals surface area contributed by atoms with Gasteiger partial charge in [-0.1, -0.05) is 6.92 Å². The summed E-state index contributed by atoms with van der Waals surface area (Å²) in [6, 6.07) is 2.24. The molecule has 0 bridgehead atoms. The molecule has 5 nitrogen and oxygen atoms in total. The van der Waals surface area contributed by atoms with Gasteiger partial charge in [-0.15, -0.1) is 0 Å². The number of esters is 1. The minimum Gasteiger partial charge on any atom is -0.469 e. The second-order valence-electron chi connectivity index (χ2n) is 4.85. The molecule has 0 aromatic heterocycles. The number of hydrogen-bond donors (Lipinski definition) is 1. The first-order valence-electron chi connectivity index (χ1n) is 6.33. The van der Waals surface area contributed by atoms with Gasteiger partial charge in [0, 0.05) is 12.8 Å². The molecule has 0 heterocycles. The van der Waals surface area contributed by atoms with Gasteiger partial charge in [0.05, 0.1) is 13.2 Å². The number of nitrogens with zero attached hydrogens (tertiary/aromatic N) is 1. The molecular formula is C13H20N2O3. The molecule has 1 saturated carbocycles. The third kappa shape index (κ3) is 3.46. The van der Waals surface area contributed by atoms with Crippen LogP contribution in [0.4, 0.5) is 0 Å². The lowest BCUT2D eigenvalue weighted by molar-refractivity contribution is -0.140. The summed E-state index contributed by atoms with van der Waals surface area (Å²) < 4.78 is 4.50. The van der Waals surface area contributed by atoms with E-state index in [1.807, 2.05) is 6.92 Å². The molecule has 0 aromatic rings. The minimum atomic E-state index is -0.706. The summed E-state index contributed by atoms with van der Waals surface area (Å²) in [4.78, 5) is 22.7. The van der Waals surface area contributed by atoms with Crippen molar-refractivity contribution in [2.24, 2.45) is 5.92 Å². The van der Waals surface area contributed by atoms with Crippen LogP contribution in [-0.2, 0) is 14.3 Å². The van der Waals surface area contributed by atoms with E-state index in [0.717, 1.165) is 12.8 Å². The Morgan fingerprint density at radius 1 is 1.50 bits per heavy atom. The van der Waals surface area contributed by atoms with Crippen LogP contribution in [-0.4, -0.2) is 24.5 Å². The Morgan fingerprint density at radius 2 is 2.22 bits per heavy atom. The lowest BCUT2D eigenvalue weighted by Gasteiger charge is -2.27. The highest BCUT2D eigenvalue weighted by molar-refractivity contribution is 5.78. The molecule has 1 rings (SSSR count). The van der Waals surface area contributed by atoms with Gasteiger partial charge in [0.15, 0.2) is 0 Å². The Hall–Kier alpha value is -1.57. The third-order valence-electron chi connectivity index (χ3n) is 3.62. The van der Waals surface area contributed by atoms with E-state index in [4.69, 9.17) is 0 Å². The predicted octanol–water partition coefficient (Wildman–Crippen LogP) is 1.53. The van der Waals surface area contributed by atoms with Crippen LogP contribution in [0.5, 0.6) is 0 Å². The van der Waals surface area contributed by atoms with E-state index in [1.165, 1.54) is 7.11 Å². The lowest BCUT2D eigenvalue weighted by atomic mass is 9.89. The highest BCUT2D eigenvalue weighted by Crippen LogP contribution is 2.34. The van der Waals surface area contributed by atoms with Crippen molar-refractivity contribution in [1.29, 1.82) is 5.26 Å². The van der Waals surface area contributed by atoms with E-state index in [-0.39, 0.29) is 30.6 Å². The van der Waals surface area contributed by atoms with Gasteiger partial charge in [-0.3, -0.25) is 9.59 Å².